The zero-order valence-corrected chi connectivity index (χ0v) is 16.2. The molecule has 0 aromatic heterocycles. The Labute approximate surface area is 164 Å². The summed E-state index contributed by atoms with van der Waals surface area (Å²) in [6, 6.07) is 14.0. The minimum atomic E-state index is -0.592. The number of amides is 3. The second-order valence-corrected chi connectivity index (χ2v) is 7.15. The summed E-state index contributed by atoms with van der Waals surface area (Å²) in [5.41, 5.74) is 0.991. The summed E-state index contributed by atoms with van der Waals surface area (Å²) in [7, 11) is 0. The van der Waals surface area contributed by atoms with Gasteiger partial charge in [0.25, 0.3) is 0 Å². The van der Waals surface area contributed by atoms with Crippen molar-refractivity contribution in [1.29, 1.82) is 0 Å². The Balaban J connectivity index is 1.59. The number of carbonyl (C=O) groups is 3. The second-order valence-electron chi connectivity index (χ2n) is 7.15. The van der Waals surface area contributed by atoms with Gasteiger partial charge in [-0.3, -0.25) is 14.4 Å². The molecule has 2 aromatic rings. The van der Waals surface area contributed by atoms with E-state index in [0.717, 1.165) is 16.3 Å². The molecule has 0 unspecified atom stereocenters. The zero-order chi connectivity index (χ0) is 20.1. The minimum Gasteiger partial charge on any atom is -0.346 e. The molecule has 0 atom stereocenters. The van der Waals surface area contributed by atoms with E-state index < -0.39 is 11.8 Å². The summed E-state index contributed by atoms with van der Waals surface area (Å²) in [6.45, 7) is 5.17. The third-order valence-corrected chi connectivity index (χ3v) is 4.72. The highest BCUT2D eigenvalue weighted by molar-refractivity contribution is 6.35. The fraction of sp³-hybridized carbons (Fsp3) is 0.318. The van der Waals surface area contributed by atoms with E-state index in [9.17, 15) is 14.4 Å². The molecule has 3 rings (SSSR count). The molecule has 6 heteroatoms. The molecule has 0 saturated carbocycles. The van der Waals surface area contributed by atoms with Crippen LogP contribution in [0.5, 0.6) is 0 Å². The molecule has 3 amide bonds. The van der Waals surface area contributed by atoms with Gasteiger partial charge in [-0.25, -0.2) is 0 Å². The fourth-order valence-electron chi connectivity index (χ4n) is 3.26. The van der Waals surface area contributed by atoms with Gasteiger partial charge in [0.1, 0.15) is 0 Å². The first-order valence-corrected chi connectivity index (χ1v) is 9.50. The van der Waals surface area contributed by atoms with Crippen molar-refractivity contribution in [2.24, 2.45) is 0 Å². The van der Waals surface area contributed by atoms with Crippen molar-refractivity contribution >= 4 is 34.6 Å². The van der Waals surface area contributed by atoms with Gasteiger partial charge < -0.3 is 15.1 Å². The maximum Gasteiger partial charge on any atom is 0.312 e. The van der Waals surface area contributed by atoms with Gasteiger partial charge in [-0.2, -0.15) is 0 Å². The van der Waals surface area contributed by atoms with E-state index in [0.29, 0.717) is 26.2 Å². The number of benzene rings is 2. The fourth-order valence-corrected chi connectivity index (χ4v) is 3.26. The van der Waals surface area contributed by atoms with Gasteiger partial charge in [-0.05, 0) is 36.3 Å². The summed E-state index contributed by atoms with van der Waals surface area (Å²) < 4.78 is 0. The lowest BCUT2D eigenvalue weighted by Gasteiger charge is -2.33. The monoisotopic (exact) mass is 379 g/mol. The molecule has 0 radical (unpaired) electrons. The number of carbonyl (C=O) groups excluding carboxylic acids is 3. The first-order valence-electron chi connectivity index (χ1n) is 9.50. The largest absolute Gasteiger partial charge is 0.346 e. The summed E-state index contributed by atoms with van der Waals surface area (Å²) in [5, 5.41) is 4.83. The number of hydrogen-bond donors (Lipinski definition) is 1. The van der Waals surface area contributed by atoms with Gasteiger partial charge >= 0.3 is 11.8 Å². The van der Waals surface area contributed by atoms with Crippen LogP contribution < -0.4 is 5.32 Å². The van der Waals surface area contributed by atoms with Gasteiger partial charge in [0.15, 0.2) is 0 Å². The molecule has 0 bridgehead atoms. The molecule has 1 heterocycles. The summed E-state index contributed by atoms with van der Waals surface area (Å²) in [5.74, 6) is -1.22. The molecule has 0 aliphatic carbocycles. The van der Waals surface area contributed by atoms with E-state index in [1.165, 1.54) is 4.90 Å². The predicted octanol–water partition coefficient (Wildman–Crippen LogP) is 2.05. The van der Waals surface area contributed by atoms with Crippen LogP contribution in [0.15, 0.2) is 48.5 Å². The molecule has 28 heavy (non-hydrogen) atoms. The number of fused-ring (bicyclic) bond motifs is 1. The van der Waals surface area contributed by atoms with Crippen LogP contribution in [0, 0.1) is 0 Å². The highest BCUT2D eigenvalue weighted by atomic mass is 16.2. The molecule has 1 N–H and O–H groups in total. The summed E-state index contributed by atoms with van der Waals surface area (Å²) >= 11 is 0. The number of nitrogens with zero attached hydrogens (tertiary/aromatic N) is 2. The van der Waals surface area contributed by atoms with E-state index in [-0.39, 0.29) is 11.9 Å². The van der Waals surface area contributed by atoms with Gasteiger partial charge in [0.05, 0.1) is 0 Å². The molecular weight excluding hydrogens is 354 g/mol. The van der Waals surface area contributed by atoms with E-state index in [2.05, 4.69) is 5.32 Å². The Morgan fingerprint density at radius 1 is 0.929 bits per heavy atom. The SMILES string of the molecule is CC(C)NC(=O)C(=O)N1CCN(C(=O)/C=C/c2cccc3ccccc23)CC1. The third kappa shape index (κ3) is 4.57. The zero-order valence-electron chi connectivity index (χ0n) is 16.2. The predicted molar refractivity (Wildman–Crippen MR) is 109 cm³/mol. The van der Waals surface area contributed by atoms with Crippen molar-refractivity contribution in [2.45, 2.75) is 19.9 Å². The molecule has 1 aliphatic rings. The lowest BCUT2D eigenvalue weighted by atomic mass is 10.0. The third-order valence-electron chi connectivity index (χ3n) is 4.72. The Morgan fingerprint density at radius 3 is 2.29 bits per heavy atom. The van der Waals surface area contributed by atoms with Crippen molar-refractivity contribution in [1.82, 2.24) is 15.1 Å². The number of rotatable bonds is 3. The lowest BCUT2D eigenvalue weighted by molar-refractivity contribution is -0.148. The lowest BCUT2D eigenvalue weighted by Crippen LogP contribution is -2.54. The van der Waals surface area contributed by atoms with Crippen LogP contribution in [0.4, 0.5) is 0 Å². The van der Waals surface area contributed by atoms with E-state index in [1.54, 1.807) is 11.0 Å². The minimum absolute atomic E-state index is 0.0847. The smallest absolute Gasteiger partial charge is 0.312 e. The molecule has 1 aliphatic heterocycles. The van der Waals surface area contributed by atoms with Crippen molar-refractivity contribution in [2.75, 3.05) is 26.2 Å². The van der Waals surface area contributed by atoms with Crippen molar-refractivity contribution in [3.05, 3.63) is 54.1 Å². The van der Waals surface area contributed by atoms with Crippen LogP contribution in [-0.4, -0.2) is 59.7 Å². The Morgan fingerprint density at radius 2 is 1.57 bits per heavy atom. The number of nitrogens with one attached hydrogen (secondary N) is 1. The highest BCUT2D eigenvalue weighted by Gasteiger charge is 2.27. The van der Waals surface area contributed by atoms with E-state index in [4.69, 9.17) is 0 Å². The first kappa shape index (κ1) is 19.6. The van der Waals surface area contributed by atoms with Crippen LogP contribution in [0.1, 0.15) is 19.4 Å². The summed E-state index contributed by atoms with van der Waals surface area (Å²) in [4.78, 5) is 39.7. The van der Waals surface area contributed by atoms with Gasteiger partial charge in [0.2, 0.25) is 5.91 Å². The maximum atomic E-state index is 12.5. The Bertz CT molecular complexity index is 907. The van der Waals surface area contributed by atoms with Crippen LogP contribution >= 0.6 is 0 Å². The molecule has 0 spiro atoms. The summed E-state index contributed by atoms with van der Waals surface area (Å²) in [6.07, 6.45) is 3.41. The molecule has 2 aromatic carbocycles. The average Bonchev–Trinajstić information content (AvgIpc) is 2.71. The van der Waals surface area contributed by atoms with E-state index >= 15 is 0 Å². The topological polar surface area (TPSA) is 69.7 Å². The molecule has 6 nitrogen and oxygen atoms in total. The molecule has 1 saturated heterocycles. The van der Waals surface area contributed by atoms with Crippen molar-refractivity contribution in [3.8, 4) is 0 Å². The van der Waals surface area contributed by atoms with Crippen LogP contribution in [0.3, 0.4) is 0 Å². The quantitative estimate of drug-likeness (QED) is 0.655. The van der Waals surface area contributed by atoms with Crippen molar-refractivity contribution < 1.29 is 14.4 Å². The van der Waals surface area contributed by atoms with Gasteiger partial charge in [-0.15, -0.1) is 0 Å². The molecule has 146 valence electrons. The van der Waals surface area contributed by atoms with Crippen LogP contribution in [-0.2, 0) is 14.4 Å². The first-order chi connectivity index (χ1) is 13.5. The standard InChI is InChI=1S/C22H25N3O3/c1-16(2)23-21(27)22(28)25-14-12-24(13-15-25)20(26)11-10-18-8-5-7-17-6-3-4-9-19(17)18/h3-11,16H,12-15H2,1-2H3,(H,23,27)/b11-10+. The normalized spacial score (nSPS) is 14.7. The Kier molecular flexibility index (Phi) is 6.09. The van der Waals surface area contributed by atoms with Crippen LogP contribution in [0.2, 0.25) is 0 Å². The Hall–Kier alpha value is -3.15. The second kappa shape index (κ2) is 8.69. The molecular formula is C22H25N3O3. The number of hydrogen-bond acceptors (Lipinski definition) is 3. The average molecular weight is 379 g/mol. The van der Waals surface area contributed by atoms with Crippen molar-refractivity contribution in [3.63, 3.8) is 0 Å². The molecule has 1 fully saturated rings. The highest BCUT2D eigenvalue weighted by Crippen LogP contribution is 2.19. The van der Waals surface area contributed by atoms with Gasteiger partial charge in [0, 0.05) is 38.3 Å². The van der Waals surface area contributed by atoms with Gasteiger partial charge in [-0.1, -0.05) is 42.5 Å². The maximum absolute atomic E-state index is 12.5. The van der Waals surface area contributed by atoms with E-state index in [1.807, 2.05) is 62.4 Å². The number of piperazine rings is 1. The van der Waals surface area contributed by atoms with Crippen LogP contribution in [0.25, 0.3) is 16.8 Å².